The summed E-state index contributed by atoms with van der Waals surface area (Å²) in [7, 11) is 0. The second kappa shape index (κ2) is 10.8. The topological polar surface area (TPSA) is 77.3 Å². The summed E-state index contributed by atoms with van der Waals surface area (Å²) in [5.74, 6) is -0.490. The average molecular weight is 531 g/mol. The molecular weight excluding hydrogens is 505 g/mol. The lowest BCUT2D eigenvalue weighted by molar-refractivity contribution is -0.141. The van der Waals surface area contributed by atoms with Gasteiger partial charge in [-0.1, -0.05) is 30.3 Å². The van der Waals surface area contributed by atoms with Crippen LogP contribution in [0.2, 0.25) is 0 Å². The molecule has 0 saturated heterocycles. The molecule has 9 heteroatoms. The second-order valence-electron chi connectivity index (χ2n) is 9.61. The minimum absolute atomic E-state index is 0.0940. The second-order valence-corrected chi connectivity index (χ2v) is 9.61. The van der Waals surface area contributed by atoms with Gasteiger partial charge in [0.05, 0.1) is 17.1 Å². The summed E-state index contributed by atoms with van der Waals surface area (Å²) in [4.78, 5) is 31.5. The molecule has 4 heterocycles. The monoisotopic (exact) mass is 530 g/mol. The molecule has 5 rings (SSSR count). The van der Waals surface area contributed by atoms with Gasteiger partial charge < -0.3 is 4.84 Å². The van der Waals surface area contributed by atoms with Crippen molar-refractivity contribution in [2.75, 3.05) is 0 Å². The van der Waals surface area contributed by atoms with E-state index in [9.17, 15) is 18.0 Å². The molecule has 1 aliphatic heterocycles. The van der Waals surface area contributed by atoms with Crippen molar-refractivity contribution in [3.63, 3.8) is 0 Å². The number of nitrogens with zero attached hydrogens (tertiary/aromatic N) is 4. The van der Waals surface area contributed by atoms with Crippen LogP contribution in [0.4, 0.5) is 13.2 Å². The number of rotatable bonds is 7. The molecule has 0 spiro atoms. The molecule has 0 saturated carbocycles. The largest absolute Gasteiger partial charge is 0.433 e. The van der Waals surface area contributed by atoms with Gasteiger partial charge in [-0.05, 0) is 66.4 Å². The van der Waals surface area contributed by atoms with E-state index in [0.717, 1.165) is 28.5 Å². The Hall–Kier alpha value is -4.40. The Labute approximate surface area is 223 Å². The highest BCUT2D eigenvalue weighted by atomic mass is 19.4. The van der Waals surface area contributed by atoms with E-state index in [1.165, 1.54) is 12.3 Å². The van der Waals surface area contributed by atoms with Crippen molar-refractivity contribution >= 4 is 11.5 Å². The van der Waals surface area contributed by atoms with E-state index in [4.69, 9.17) is 4.84 Å². The normalized spacial score (nSPS) is 15.9. The highest BCUT2D eigenvalue weighted by molar-refractivity contribution is 6.05. The fraction of sp³-hybridized carbons (Fsp3) is 0.233. The zero-order valence-electron chi connectivity index (χ0n) is 21.3. The lowest BCUT2D eigenvalue weighted by atomic mass is 9.91. The van der Waals surface area contributed by atoms with Crippen LogP contribution in [0, 0.1) is 6.92 Å². The fourth-order valence-electron chi connectivity index (χ4n) is 4.39. The number of aromatic nitrogens is 3. The first-order chi connectivity index (χ1) is 18.7. The van der Waals surface area contributed by atoms with Crippen LogP contribution in [-0.4, -0.2) is 26.4 Å². The van der Waals surface area contributed by atoms with Gasteiger partial charge in [-0.15, -0.1) is 0 Å². The van der Waals surface area contributed by atoms with Crippen LogP contribution in [0.1, 0.15) is 70.2 Å². The number of aryl methyl sites for hydroxylation is 1. The van der Waals surface area contributed by atoms with Gasteiger partial charge in [-0.3, -0.25) is 19.7 Å². The lowest BCUT2D eigenvalue weighted by Crippen LogP contribution is -2.10. The Bertz CT molecular complexity index is 1500. The third kappa shape index (κ3) is 6.03. The van der Waals surface area contributed by atoms with E-state index in [2.05, 4.69) is 20.1 Å². The van der Waals surface area contributed by atoms with Crippen molar-refractivity contribution in [3.8, 4) is 11.3 Å². The minimum Gasteiger partial charge on any atom is -0.385 e. The first-order valence-corrected chi connectivity index (χ1v) is 12.5. The number of benzene rings is 1. The number of halogens is 3. The van der Waals surface area contributed by atoms with Crippen molar-refractivity contribution < 1.29 is 22.8 Å². The predicted octanol–water partition coefficient (Wildman–Crippen LogP) is 7.11. The van der Waals surface area contributed by atoms with Gasteiger partial charge in [0.2, 0.25) is 0 Å². The number of ketones is 1. The van der Waals surface area contributed by atoms with Crippen molar-refractivity contribution in [2.45, 2.75) is 44.9 Å². The van der Waals surface area contributed by atoms with Crippen LogP contribution in [0.25, 0.3) is 11.3 Å². The first kappa shape index (κ1) is 26.2. The summed E-state index contributed by atoms with van der Waals surface area (Å²) in [6, 6.07) is 17.2. The molecule has 0 amide bonds. The van der Waals surface area contributed by atoms with Gasteiger partial charge in [-0.2, -0.15) is 13.2 Å². The zero-order chi connectivity index (χ0) is 27.6. The number of hydrogen-bond donors (Lipinski definition) is 0. The Morgan fingerprint density at radius 2 is 1.82 bits per heavy atom. The first-order valence-electron chi connectivity index (χ1n) is 12.5. The molecular formula is C30H25F3N4O2. The van der Waals surface area contributed by atoms with Crippen LogP contribution in [0.5, 0.6) is 0 Å². The molecule has 0 unspecified atom stereocenters. The summed E-state index contributed by atoms with van der Waals surface area (Å²) in [5.41, 5.74) is 4.71. The molecule has 4 aromatic rings. The summed E-state index contributed by atoms with van der Waals surface area (Å²) in [5, 5.41) is 4.29. The zero-order valence-corrected chi connectivity index (χ0v) is 21.3. The summed E-state index contributed by atoms with van der Waals surface area (Å²) in [6.45, 7) is 3.74. The van der Waals surface area contributed by atoms with Crippen molar-refractivity contribution in [1.82, 2.24) is 15.0 Å². The van der Waals surface area contributed by atoms with Crippen molar-refractivity contribution in [2.24, 2.45) is 5.16 Å². The number of carbonyl (C=O) groups is 1. The van der Waals surface area contributed by atoms with Gasteiger partial charge in [0, 0.05) is 48.1 Å². The highest BCUT2D eigenvalue weighted by Gasteiger charge is 2.32. The molecule has 1 aromatic carbocycles. The van der Waals surface area contributed by atoms with Crippen LogP contribution in [-0.2, 0) is 11.0 Å². The maximum atomic E-state index is 13.4. The summed E-state index contributed by atoms with van der Waals surface area (Å²) < 4.78 is 38.7. The number of pyridine rings is 3. The average Bonchev–Trinajstić information content (AvgIpc) is 3.44. The van der Waals surface area contributed by atoms with Crippen LogP contribution in [0.3, 0.4) is 0 Å². The van der Waals surface area contributed by atoms with E-state index < -0.39 is 11.9 Å². The van der Waals surface area contributed by atoms with Gasteiger partial charge in [0.15, 0.2) is 11.9 Å². The number of hydrogen-bond acceptors (Lipinski definition) is 6. The summed E-state index contributed by atoms with van der Waals surface area (Å²) in [6.07, 6.45) is 0.386. The Balaban J connectivity index is 1.42. The number of oxime groups is 1. The maximum Gasteiger partial charge on any atom is 0.433 e. The quantitative estimate of drug-likeness (QED) is 0.238. The molecule has 1 aliphatic rings. The van der Waals surface area contributed by atoms with Crippen molar-refractivity contribution in [3.05, 3.63) is 113 Å². The molecule has 0 fully saturated rings. The van der Waals surface area contributed by atoms with E-state index in [1.807, 2.05) is 43.3 Å². The van der Waals surface area contributed by atoms with E-state index in [-0.39, 0.29) is 24.2 Å². The molecule has 198 valence electrons. The Kier molecular flexibility index (Phi) is 7.24. The number of Topliss-reactive ketones (excluding diaryl/α,β-unsaturated/α-hetero) is 1. The number of carbonyl (C=O) groups excluding carboxylic acids is 1. The summed E-state index contributed by atoms with van der Waals surface area (Å²) >= 11 is 0. The van der Waals surface area contributed by atoms with Gasteiger partial charge in [0.1, 0.15) is 5.69 Å². The number of alkyl halides is 3. The van der Waals surface area contributed by atoms with Gasteiger partial charge in [0.25, 0.3) is 0 Å². The highest BCUT2D eigenvalue weighted by Crippen LogP contribution is 2.32. The van der Waals surface area contributed by atoms with Gasteiger partial charge in [-0.25, -0.2) is 0 Å². The molecule has 0 bridgehead atoms. The molecule has 2 atom stereocenters. The SMILES string of the molecule is Cc1ccc(-c2cc(C(=O)C[C@H](C)c3ccc(C(F)(F)F)nc3)cc(C3=NO[C@@H](c4ccccn4)C3)c2)nc1. The van der Waals surface area contributed by atoms with E-state index in [0.29, 0.717) is 29.0 Å². The molecule has 39 heavy (non-hydrogen) atoms. The van der Waals surface area contributed by atoms with Crippen LogP contribution < -0.4 is 0 Å². The molecule has 3 aromatic heterocycles. The Morgan fingerprint density at radius 3 is 2.49 bits per heavy atom. The fourth-order valence-corrected chi connectivity index (χ4v) is 4.39. The van der Waals surface area contributed by atoms with Crippen LogP contribution in [0.15, 0.2) is 84.4 Å². The minimum atomic E-state index is -4.51. The maximum absolute atomic E-state index is 13.4. The van der Waals surface area contributed by atoms with Gasteiger partial charge >= 0.3 is 6.18 Å². The van der Waals surface area contributed by atoms with E-state index >= 15 is 0 Å². The predicted molar refractivity (Wildman–Crippen MR) is 140 cm³/mol. The smallest absolute Gasteiger partial charge is 0.385 e. The lowest BCUT2D eigenvalue weighted by Gasteiger charge is -2.14. The van der Waals surface area contributed by atoms with Crippen LogP contribution >= 0.6 is 0 Å². The molecule has 0 radical (unpaired) electrons. The molecule has 0 aliphatic carbocycles. The molecule has 0 N–H and O–H groups in total. The Morgan fingerprint density at radius 1 is 1.00 bits per heavy atom. The third-order valence-electron chi connectivity index (χ3n) is 6.62. The third-order valence-corrected chi connectivity index (χ3v) is 6.62. The van der Waals surface area contributed by atoms with E-state index in [1.54, 1.807) is 31.5 Å². The van der Waals surface area contributed by atoms with Crippen molar-refractivity contribution in [1.29, 1.82) is 0 Å². The molecule has 6 nitrogen and oxygen atoms in total. The standard InChI is InChI=1S/C30H25F3N4O2/c1-18-6-8-24(35-16-18)21-12-22(26-15-28(39-37-26)25-5-3-4-10-34-25)14-23(13-21)27(38)11-19(2)20-7-9-29(36-17-20)30(31,32)33/h3-10,12-14,16-17,19,28H,11,15H2,1-2H3/t19-,28+/m0/s1.